The molecule has 5 rings (SSSR count). The lowest BCUT2D eigenvalue weighted by molar-refractivity contribution is 0.206. The van der Waals surface area contributed by atoms with Crippen molar-refractivity contribution in [3.8, 4) is 5.75 Å². The van der Waals surface area contributed by atoms with Gasteiger partial charge in [-0.25, -0.2) is 17.6 Å². The Morgan fingerprint density at radius 1 is 1.08 bits per heavy atom. The predicted molar refractivity (Wildman–Crippen MR) is 136 cm³/mol. The van der Waals surface area contributed by atoms with Gasteiger partial charge in [0.05, 0.1) is 10.7 Å². The molecule has 1 saturated carbocycles. The third-order valence-electron chi connectivity index (χ3n) is 7.44. The van der Waals surface area contributed by atoms with E-state index in [1.165, 1.54) is 54.4 Å². The van der Waals surface area contributed by atoms with Gasteiger partial charge in [-0.05, 0) is 82.2 Å². The Morgan fingerprint density at radius 2 is 1.75 bits per heavy atom. The number of carbonyl (C=O) groups excluding carboxylic acids is 1. The Labute approximate surface area is 215 Å². The number of phenols is 1. The number of amides is 2. The number of benzene rings is 2. The van der Waals surface area contributed by atoms with Crippen LogP contribution in [0, 0.1) is 18.7 Å². The fraction of sp³-hybridized carbons (Fsp3) is 0.480. The van der Waals surface area contributed by atoms with Crippen LogP contribution in [0.1, 0.15) is 44.1 Å². The molecule has 4 N–H and O–H groups in total. The number of phenolic OH excluding ortho intramolecular Hbond substituents is 1. The lowest BCUT2D eigenvalue weighted by Crippen LogP contribution is -2.51. The van der Waals surface area contributed by atoms with Crippen LogP contribution in [0.25, 0.3) is 0 Å². The number of carbonyl (C=O) groups is 1. The van der Waals surface area contributed by atoms with Crippen LogP contribution in [0.5, 0.6) is 5.75 Å². The Balaban J connectivity index is 1.35. The first kappa shape index (κ1) is 25.3. The summed E-state index contributed by atoms with van der Waals surface area (Å²) in [5, 5.41) is 19.4. The number of nitrogens with one attached hydrogen (secondary N) is 3. The van der Waals surface area contributed by atoms with Crippen molar-refractivity contribution in [1.82, 2.24) is 9.62 Å². The van der Waals surface area contributed by atoms with E-state index in [0.29, 0.717) is 12.8 Å². The number of aromatic hydroxyl groups is 1. The summed E-state index contributed by atoms with van der Waals surface area (Å²) in [5.74, 6) is -0.351. The van der Waals surface area contributed by atoms with E-state index in [9.17, 15) is 22.7 Å². The second-order valence-corrected chi connectivity index (χ2v) is 12.2. The molecule has 3 aliphatic rings. The van der Waals surface area contributed by atoms with E-state index in [0.717, 1.165) is 25.3 Å². The van der Waals surface area contributed by atoms with Gasteiger partial charge in [-0.2, -0.15) is 4.31 Å². The van der Waals surface area contributed by atoms with E-state index in [1.54, 1.807) is 0 Å². The number of halogens is 2. The highest BCUT2D eigenvalue weighted by Gasteiger charge is 2.48. The summed E-state index contributed by atoms with van der Waals surface area (Å²) in [6.45, 7) is 2.50. The minimum absolute atomic E-state index is 0.113. The van der Waals surface area contributed by atoms with Crippen LogP contribution >= 0.6 is 11.6 Å². The molecule has 2 saturated heterocycles. The van der Waals surface area contributed by atoms with E-state index in [2.05, 4.69) is 16.0 Å². The lowest BCUT2D eigenvalue weighted by atomic mass is 9.99. The van der Waals surface area contributed by atoms with Crippen LogP contribution in [-0.4, -0.2) is 48.5 Å². The van der Waals surface area contributed by atoms with Gasteiger partial charge >= 0.3 is 6.03 Å². The fourth-order valence-electron chi connectivity index (χ4n) is 5.37. The van der Waals surface area contributed by atoms with Crippen LogP contribution in [0.2, 0.25) is 5.02 Å². The van der Waals surface area contributed by atoms with Crippen molar-refractivity contribution in [2.75, 3.05) is 17.2 Å². The highest BCUT2D eigenvalue weighted by Crippen LogP contribution is 2.45. The fourth-order valence-corrected chi connectivity index (χ4v) is 7.86. The van der Waals surface area contributed by atoms with Crippen molar-refractivity contribution in [2.24, 2.45) is 5.92 Å². The monoisotopic (exact) mass is 536 g/mol. The largest absolute Gasteiger partial charge is 0.504 e. The molecular weight excluding hydrogens is 507 g/mol. The quantitative estimate of drug-likeness (QED) is 0.379. The normalized spacial score (nSPS) is 24.0. The summed E-state index contributed by atoms with van der Waals surface area (Å²) >= 11 is 6.30. The van der Waals surface area contributed by atoms with Crippen molar-refractivity contribution >= 4 is 39.0 Å². The number of sulfonamides is 1. The van der Waals surface area contributed by atoms with Crippen LogP contribution in [0.3, 0.4) is 0 Å². The number of nitrogens with zero attached hydrogens (tertiary/aromatic N) is 1. The number of rotatable bonds is 7. The number of fused-ring (bicyclic) bond motifs is 2. The molecule has 1 aliphatic carbocycles. The average molecular weight is 537 g/mol. The van der Waals surface area contributed by atoms with Crippen molar-refractivity contribution in [2.45, 2.75) is 68.5 Å². The molecule has 2 heterocycles. The van der Waals surface area contributed by atoms with E-state index in [-0.39, 0.29) is 40.1 Å². The Bertz CT molecular complexity index is 1270. The number of anilines is 2. The van der Waals surface area contributed by atoms with Gasteiger partial charge in [0.1, 0.15) is 10.7 Å². The third kappa shape index (κ3) is 4.91. The molecule has 8 nitrogen and oxygen atoms in total. The minimum Gasteiger partial charge on any atom is -0.504 e. The average Bonchev–Trinajstić information content (AvgIpc) is 3.60. The van der Waals surface area contributed by atoms with Gasteiger partial charge in [-0.1, -0.05) is 17.7 Å². The first-order chi connectivity index (χ1) is 17.1. The van der Waals surface area contributed by atoms with Crippen molar-refractivity contribution in [3.63, 3.8) is 0 Å². The second-order valence-electron chi connectivity index (χ2n) is 10.0. The standard InChI is InChI=1S/C25H30ClFN4O4S/c1-14-20(27)3-2-4-21(14)29-25(33)30-22-10-9-19(26)24(23(22)32)36(34,35)31-17-7-8-18(31)12-16(11-17)28-13-15-5-6-15/h2-4,9-10,15-18,28,32H,5-8,11-13H2,1H3,(H2,29,30,33)/t16?,17-,18+. The van der Waals surface area contributed by atoms with Crippen LogP contribution in [-0.2, 0) is 10.0 Å². The van der Waals surface area contributed by atoms with Gasteiger partial charge < -0.3 is 21.1 Å². The zero-order valence-corrected chi connectivity index (χ0v) is 21.5. The Morgan fingerprint density at radius 3 is 2.42 bits per heavy atom. The maximum Gasteiger partial charge on any atom is 0.323 e. The van der Waals surface area contributed by atoms with E-state index in [1.807, 2.05) is 0 Å². The maximum atomic E-state index is 13.8. The zero-order chi connectivity index (χ0) is 25.6. The Hall–Kier alpha value is -2.40. The molecule has 0 spiro atoms. The molecule has 194 valence electrons. The van der Waals surface area contributed by atoms with E-state index in [4.69, 9.17) is 11.6 Å². The van der Waals surface area contributed by atoms with Gasteiger partial charge in [-0.15, -0.1) is 0 Å². The molecular formula is C25H30ClFN4O4S. The highest BCUT2D eigenvalue weighted by molar-refractivity contribution is 7.89. The SMILES string of the molecule is Cc1c(F)cccc1NC(=O)Nc1ccc(Cl)c(S(=O)(=O)N2[C@@H]3CC[C@H]2CC(NCC2CC2)C3)c1O. The molecule has 2 aliphatic heterocycles. The molecule has 0 aromatic heterocycles. The predicted octanol–water partition coefficient (Wildman–Crippen LogP) is 4.82. The number of hydrogen-bond acceptors (Lipinski definition) is 5. The first-order valence-corrected chi connectivity index (χ1v) is 14.1. The molecule has 11 heteroatoms. The Kier molecular flexibility index (Phi) is 6.88. The second kappa shape index (κ2) is 9.81. The first-order valence-electron chi connectivity index (χ1n) is 12.3. The molecule has 2 bridgehead atoms. The zero-order valence-electron chi connectivity index (χ0n) is 19.9. The molecule has 36 heavy (non-hydrogen) atoms. The number of urea groups is 1. The van der Waals surface area contributed by atoms with Crippen molar-refractivity contribution < 1.29 is 22.7 Å². The molecule has 2 aromatic carbocycles. The summed E-state index contributed by atoms with van der Waals surface area (Å²) in [7, 11) is -4.13. The molecule has 3 fully saturated rings. The number of piperidine rings is 1. The summed E-state index contributed by atoms with van der Waals surface area (Å²) in [6, 6.07) is 6.12. The van der Waals surface area contributed by atoms with Gasteiger partial charge in [0.25, 0.3) is 0 Å². The van der Waals surface area contributed by atoms with Gasteiger partial charge in [0.15, 0.2) is 5.75 Å². The smallest absolute Gasteiger partial charge is 0.323 e. The number of hydrogen-bond donors (Lipinski definition) is 4. The van der Waals surface area contributed by atoms with E-state index < -0.39 is 32.5 Å². The molecule has 1 unspecified atom stereocenters. The molecule has 2 amide bonds. The molecule has 2 aromatic rings. The highest BCUT2D eigenvalue weighted by atomic mass is 35.5. The van der Waals surface area contributed by atoms with Gasteiger partial charge in [0.2, 0.25) is 10.0 Å². The van der Waals surface area contributed by atoms with Crippen molar-refractivity contribution in [3.05, 3.63) is 46.7 Å². The van der Waals surface area contributed by atoms with Crippen LogP contribution in [0.4, 0.5) is 20.6 Å². The summed E-state index contributed by atoms with van der Waals surface area (Å²) in [6.07, 6.45) is 5.47. The molecule has 3 atom stereocenters. The van der Waals surface area contributed by atoms with Crippen LogP contribution in [0.15, 0.2) is 35.2 Å². The summed E-state index contributed by atoms with van der Waals surface area (Å²) < 4.78 is 42.9. The van der Waals surface area contributed by atoms with Crippen molar-refractivity contribution in [1.29, 1.82) is 0 Å². The maximum absolute atomic E-state index is 13.8. The summed E-state index contributed by atoms with van der Waals surface area (Å²) in [5.41, 5.74) is 0.392. The van der Waals surface area contributed by atoms with Crippen LogP contribution < -0.4 is 16.0 Å². The third-order valence-corrected chi connectivity index (χ3v) is 9.95. The van der Waals surface area contributed by atoms with E-state index >= 15 is 0 Å². The van der Waals surface area contributed by atoms with Gasteiger partial charge in [-0.3, -0.25) is 0 Å². The minimum atomic E-state index is -4.13. The van der Waals surface area contributed by atoms with Gasteiger partial charge in [0, 0.05) is 29.4 Å². The molecule has 0 radical (unpaired) electrons. The topological polar surface area (TPSA) is 111 Å². The lowest BCUT2D eigenvalue weighted by Gasteiger charge is -2.38. The summed E-state index contributed by atoms with van der Waals surface area (Å²) in [4.78, 5) is 12.1.